The Hall–Kier alpha value is -2.02. The fourth-order valence-electron chi connectivity index (χ4n) is 1.90. The quantitative estimate of drug-likeness (QED) is 0.773. The molecule has 0 N–H and O–H groups in total. The standard InChI is InChI=1S/C17H24N2O2/c1-13(2)15-5-7-16(8-6-15)21-12-10-17(20)19(4)14(3)9-11-18/h5-8,13-14H,9-10,12H2,1-4H3. The van der Waals surface area contributed by atoms with Crippen molar-refractivity contribution in [3.63, 3.8) is 0 Å². The molecule has 1 aromatic rings. The molecule has 4 nitrogen and oxygen atoms in total. The van der Waals surface area contributed by atoms with Gasteiger partial charge in [-0.3, -0.25) is 4.79 Å². The van der Waals surface area contributed by atoms with Crippen molar-refractivity contribution in [2.75, 3.05) is 13.7 Å². The molecule has 1 unspecified atom stereocenters. The van der Waals surface area contributed by atoms with Crippen LogP contribution in [0, 0.1) is 11.3 Å². The summed E-state index contributed by atoms with van der Waals surface area (Å²) in [4.78, 5) is 13.5. The molecular weight excluding hydrogens is 264 g/mol. The molecule has 0 saturated heterocycles. The van der Waals surface area contributed by atoms with Crippen molar-refractivity contribution in [1.29, 1.82) is 5.26 Å². The monoisotopic (exact) mass is 288 g/mol. The van der Waals surface area contributed by atoms with Gasteiger partial charge in [-0.1, -0.05) is 26.0 Å². The van der Waals surface area contributed by atoms with Crippen LogP contribution in [0.2, 0.25) is 0 Å². The molecule has 4 heteroatoms. The Morgan fingerprint density at radius 2 is 1.90 bits per heavy atom. The summed E-state index contributed by atoms with van der Waals surface area (Å²) in [6.45, 7) is 6.51. The molecule has 0 fully saturated rings. The Balaban J connectivity index is 2.39. The first-order chi connectivity index (χ1) is 9.95. The first-order valence-corrected chi connectivity index (χ1v) is 7.31. The Morgan fingerprint density at radius 3 is 2.43 bits per heavy atom. The lowest BCUT2D eigenvalue weighted by Crippen LogP contribution is -2.35. The van der Waals surface area contributed by atoms with Gasteiger partial charge in [0.25, 0.3) is 0 Å². The Kier molecular flexibility index (Phi) is 6.74. The number of ether oxygens (including phenoxy) is 1. The Morgan fingerprint density at radius 1 is 1.29 bits per heavy atom. The van der Waals surface area contributed by atoms with Gasteiger partial charge in [0.2, 0.25) is 5.91 Å². The average molecular weight is 288 g/mol. The van der Waals surface area contributed by atoms with Crippen LogP contribution in [0.15, 0.2) is 24.3 Å². The van der Waals surface area contributed by atoms with Crippen LogP contribution in [-0.4, -0.2) is 30.5 Å². The lowest BCUT2D eigenvalue weighted by molar-refractivity contribution is -0.132. The number of carbonyl (C=O) groups is 1. The minimum Gasteiger partial charge on any atom is -0.493 e. The summed E-state index contributed by atoms with van der Waals surface area (Å²) < 4.78 is 5.59. The summed E-state index contributed by atoms with van der Waals surface area (Å²) in [5.41, 5.74) is 1.27. The van der Waals surface area contributed by atoms with E-state index >= 15 is 0 Å². The van der Waals surface area contributed by atoms with Crippen LogP contribution in [-0.2, 0) is 4.79 Å². The van der Waals surface area contributed by atoms with Gasteiger partial charge < -0.3 is 9.64 Å². The fourth-order valence-corrected chi connectivity index (χ4v) is 1.90. The average Bonchev–Trinajstić information content (AvgIpc) is 2.47. The summed E-state index contributed by atoms with van der Waals surface area (Å²) in [6, 6.07) is 9.97. The molecule has 0 heterocycles. The molecule has 0 spiro atoms. The molecule has 114 valence electrons. The first-order valence-electron chi connectivity index (χ1n) is 7.31. The van der Waals surface area contributed by atoms with Crippen LogP contribution >= 0.6 is 0 Å². The van der Waals surface area contributed by atoms with Crippen LogP contribution in [0.3, 0.4) is 0 Å². The van der Waals surface area contributed by atoms with Crippen LogP contribution in [0.25, 0.3) is 0 Å². The minimum atomic E-state index is -0.0622. The summed E-state index contributed by atoms with van der Waals surface area (Å²) in [7, 11) is 1.72. The van der Waals surface area contributed by atoms with Crippen molar-refractivity contribution >= 4 is 5.91 Å². The van der Waals surface area contributed by atoms with Crippen molar-refractivity contribution < 1.29 is 9.53 Å². The predicted molar refractivity (Wildman–Crippen MR) is 83.1 cm³/mol. The number of benzene rings is 1. The Bertz CT molecular complexity index is 489. The van der Waals surface area contributed by atoms with Crippen LogP contribution in [0.4, 0.5) is 0 Å². The Labute approximate surface area is 127 Å². The number of nitriles is 1. The number of hydrogen-bond donors (Lipinski definition) is 0. The van der Waals surface area contributed by atoms with E-state index in [-0.39, 0.29) is 11.9 Å². The minimum absolute atomic E-state index is 0.00319. The maximum Gasteiger partial charge on any atom is 0.226 e. The van der Waals surface area contributed by atoms with Gasteiger partial charge in [-0.25, -0.2) is 0 Å². The zero-order valence-electron chi connectivity index (χ0n) is 13.3. The van der Waals surface area contributed by atoms with Crippen molar-refractivity contribution in [3.05, 3.63) is 29.8 Å². The SMILES string of the molecule is CC(C)c1ccc(OCCC(=O)N(C)C(C)CC#N)cc1. The largest absolute Gasteiger partial charge is 0.493 e. The molecule has 0 radical (unpaired) electrons. The van der Waals surface area contributed by atoms with Gasteiger partial charge in [0, 0.05) is 13.1 Å². The highest BCUT2D eigenvalue weighted by Crippen LogP contribution is 2.18. The van der Waals surface area contributed by atoms with E-state index in [4.69, 9.17) is 10.00 Å². The van der Waals surface area contributed by atoms with E-state index in [2.05, 4.69) is 19.9 Å². The van der Waals surface area contributed by atoms with E-state index < -0.39 is 0 Å². The molecule has 0 aliphatic carbocycles. The highest BCUT2D eigenvalue weighted by Gasteiger charge is 2.15. The predicted octanol–water partition coefficient (Wildman–Crippen LogP) is 3.34. The molecule has 0 aliphatic rings. The third-order valence-electron chi connectivity index (χ3n) is 3.57. The molecule has 0 aromatic heterocycles. The normalized spacial score (nSPS) is 11.8. The van der Waals surface area contributed by atoms with E-state index in [1.165, 1.54) is 5.56 Å². The second-order valence-corrected chi connectivity index (χ2v) is 5.54. The molecule has 0 aliphatic heterocycles. The van der Waals surface area contributed by atoms with Crippen molar-refractivity contribution in [2.24, 2.45) is 0 Å². The smallest absolute Gasteiger partial charge is 0.226 e. The van der Waals surface area contributed by atoms with Crippen LogP contribution in [0.1, 0.15) is 45.1 Å². The van der Waals surface area contributed by atoms with Gasteiger partial charge in [-0.15, -0.1) is 0 Å². The van der Waals surface area contributed by atoms with Gasteiger partial charge in [0.15, 0.2) is 0 Å². The van der Waals surface area contributed by atoms with Gasteiger partial charge >= 0.3 is 0 Å². The van der Waals surface area contributed by atoms with Crippen LogP contribution in [0.5, 0.6) is 5.75 Å². The fraction of sp³-hybridized carbons (Fsp3) is 0.529. The zero-order valence-corrected chi connectivity index (χ0v) is 13.3. The molecule has 21 heavy (non-hydrogen) atoms. The first kappa shape index (κ1) is 17.0. The van der Waals surface area contributed by atoms with E-state index in [1.54, 1.807) is 11.9 Å². The van der Waals surface area contributed by atoms with E-state index in [0.717, 1.165) is 5.75 Å². The maximum atomic E-state index is 11.9. The second-order valence-electron chi connectivity index (χ2n) is 5.54. The summed E-state index contributed by atoms with van der Waals surface area (Å²) >= 11 is 0. The van der Waals surface area contributed by atoms with Gasteiger partial charge in [0.1, 0.15) is 5.75 Å². The van der Waals surface area contributed by atoms with E-state index in [1.807, 2.05) is 31.2 Å². The maximum absolute atomic E-state index is 11.9. The van der Waals surface area contributed by atoms with E-state index in [0.29, 0.717) is 25.4 Å². The third kappa shape index (κ3) is 5.47. The van der Waals surface area contributed by atoms with Crippen LogP contribution < -0.4 is 4.74 Å². The second kappa shape index (κ2) is 8.31. The molecule has 1 rings (SSSR count). The third-order valence-corrected chi connectivity index (χ3v) is 3.57. The molecule has 1 amide bonds. The molecular formula is C17H24N2O2. The highest BCUT2D eigenvalue weighted by atomic mass is 16.5. The summed E-state index contributed by atoms with van der Waals surface area (Å²) in [5, 5.41) is 8.64. The summed E-state index contributed by atoms with van der Waals surface area (Å²) in [5.74, 6) is 1.27. The lowest BCUT2D eigenvalue weighted by Gasteiger charge is -2.22. The molecule has 0 bridgehead atoms. The zero-order chi connectivity index (χ0) is 15.8. The molecule has 1 atom stereocenters. The number of amides is 1. The number of rotatable bonds is 7. The molecule has 1 aromatic carbocycles. The van der Waals surface area contributed by atoms with Gasteiger partial charge in [-0.05, 0) is 30.5 Å². The highest BCUT2D eigenvalue weighted by molar-refractivity contribution is 5.76. The van der Waals surface area contributed by atoms with Crippen molar-refractivity contribution in [1.82, 2.24) is 4.90 Å². The topological polar surface area (TPSA) is 53.3 Å². The van der Waals surface area contributed by atoms with Gasteiger partial charge in [0.05, 0.1) is 25.5 Å². The summed E-state index contributed by atoms with van der Waals surface area (Å²) in [6.07, 6.45) is 0.665. The molecule has 0 saturated carbocycles. The number of hydrogen-bond acceptors (Lipinski definition) is 3. The van der Waals surface area contributed by atoms with Crippen molar-refractivity contribution in [2.45, 2.75) is 45.6 Å². The lowest BCUT2D eigenvalue weighted by atomic mass is 10.0. The van der Waals surface area contributed by atoms with Crippen molar-refractivity contribution in [3.8, 4) is 11.8 Å². The number of carbonyl (C=O) groups excluding carboxylic acids is 1. The van der Waals surface area contributed by atoms with E-state index in [9.17, 15) is 4.79 Å². The van der Waals surface area contributed by atoms with Gasteiger partial charge in [-0.2, -0.15) is 5.26 Å². The number of nitrogens with zero attached hydrogens (tertiary/aromatic N) is 2.